The number of hydrogen-bond acceptors (Lipinski definition) is 3. The highest BCUT2D eigenvalue weighted by molar-refractivity contribution is 4.87. The maximum atomic E-state index is 4.18. The molecule has 0 atom stereocenters. The van der Waals surface area contributed by atoms with E-state index in [1.807, 2.05) is 6.07 Å². The van der Waals surface area contributed by atoms with Gasteiger partial charge in [-0.05, 0) is 19.0 Å². The monoisotopic (exact) mass is 249 g/mol. The summed E-state index contributed by atoms with van der Waals surface area (Å²) in [7, 11) is 0. The van der Waals surface area contributed by atoms with Crippen LogP contribution in [0.2, 0.25) is 0 Å². The van der Waals surface area contributed by atoms with Gasteiger partial charge in [0.05, 0.1) is 6.54 Å². The molecule has 1 aromatic heterocycles. The Bertz CT molecular complexity index is 274. The molecular weight excluding hydrogens is 222 g/mol. The number of rotatable bonds is 11. The molecule has 0 spiro atoms. The minimum Gasteiger partial charge on any atom is -0.310 e. The first-order valence-corrected chi connectivity index (χ1v) is 7.40. The van der Waals surface area contributed by atoms with Crippen LogP contribution < -0.4 is 5.32 Å². The van der Waals surface area contributed by atoms with Gasteiger partial charge in [0.1, 0.15) is 5.82 Å². The zero-order valence-corrected chi connectivity index (χ0v) is 11.7. The second kappa shape index (κ2) is 11.1. The maximum absolute atomic E-state index is 4.18. The van der Waals surface area contributed by atoms with Crippen molar-refractivity contribution in [2.24, 2.45) is 0 Å². The van der Waals surface area contributed by atoms with Crippen molar-refractivity contribution in [2.75, 3.05) is 6.54 Å². The van der Waals surface area contributed by atoms with Crippen LogP contribution in [0.15, 0.2) is 18.5 Å². The van der Waals surface area contributed by atoms with Crippen LogP contribution in [0.25, 0.3) is 0 Å². The molecule has 3 heteroatoms. The average Bonchev–Trinajstić information content (AvgIpc) is 2.42. The Morgan fingerprint density at radius 1 is 0.889 bits per heavy atom. The number of nitrogens with one attached hydrogen (secondary N) is 1. The number of unbranched alkanes of at least 4 members (excludes halogenated alkanes) is 7. The molecule has 0 fully saturated rings. The largest absolute Gasteiger partial charge is 0.310 e. The van der Waals surface area contributed by atoms with Crippen molar-refractivity contribution in [3.05, 3.63) is 24.3 Å². The molecule has 0 aliphatic carbocycles. The molecule has 1 rings (SSSR count). The van der Waals surface area contributed by atoms with E-state index in [2.05, 4.69) is 22.2 Å². The van der Waals surface area contributed by atoms with Crippen molar-refractivity contribution in [3.8, 4) is 0 Å². The minimum atomic E-state index is 0.789. The summed E-state index contributed by atoms with van der Waals surface area (Å²) in [5.74, 6) is 0.886. The summed E-state index contributed by atoms with van der Waals surface area (Å²) >= 11 is 0. The van der Waals surface area contributed by atoms with Crippen molar-refractivity contribution < 1.29 is 0 Å². The Balaban J connectivity index is 1.82. The minimum absolute atomic E-state index is 0.789. The fourth-order valence-corrected chi connectivity index (χ4v) is 2.01. The Labute approximate surface area is 111 Å². The van der Waals surface area contributed by atoms with Crippen molar-refractivity contribution in [1.82, 2.24) is 15.3 Å². The smallest absolute Gasteiger partial charge is 0.141 e. The van der Waals surface area contributed by atoms with E-state index in [0.29, 0.717) is 0 Å². The molecule has 3 nitrogen and oxygen atoms in total. The zero-order chi connectivity index (χ0) is 12.9. The normalized spacial score (nSPS) is 10.7. The number of aromatic nitrogens is 2. The van der Waals surface area contributed by atoms with Gasteiger partial charge in [-0.1, -0.05) is 51.9 Å². The highest BCUT2D eigenvalue weighted by atomic mass is 14.9. The van der Waals surface area contributed by atoms with Gasteiger partial charge in [0.2, 0.25) is 0 Å². The highest BCUT2D eigenvalue weighted by Crippen LogP contribution is 2.07. The molecular formula is C15H27N3. The third-order valence-corrected chi connectivity index (χ3v) is 3.11. The van der Waals surface area contributed by atoms with Crippen LogP contribution in [0.1, 0.15) is 64.1 Å². The third kappa shape index (κ3) is 8.18. The van der Waals surface area contributed by atoms with E-state index < -0.39 is 0 Å². The van der Waals surface area contributed by atoms with Gasteiger partial charge >= 0.3 is 0 Å². The van der Waals surface area contributed by atoms with Crippen LogP contribution >= 0.6 is 0 Å². The van der Waals surface area contributed by atoms with Crippen molar-refractivity contribution in [3.63, 3.8) is 0 Å². The van der Waals surface area contributed by atoms with Crippen molar-refractivity contribution in [1.29, 1.82) is 0 Å². The molecule has 1 aromatic rings. The molecule has 18 heavy (non-hydrogen) atoms. The second-order valence-electron chi connectivity index (χ2n) is 4.82. The molecule has 0 saturated carbocycles. The van der Waals surface area contributed by atoms with Crippen LogP contribution in [0.5, 0.6) is 0 Å². The third-order valence-electron chi connectivity index (χ3n) is 3.11. The van der Waals surface area contributed by atoms with Gasteiger partial charge in [-0.3, -0.25) is 0 Å². The SMILES string of the molecule is CCCCCCCCCCNCc1ncccn1. The van der Waals surface area contributed by atoms with Crippen LogP contribution in [0.3, 0.4) is 0 Å². The average molecular weight is 249 g/mol. The van der Waals surface area contributed by atoms with Gasteiger partial charge in [0.15, 0.2) is 0 Å². The molecule has 0 amide bonds. The summed E-state index contributed by atoms with van der Waals surface area (Å²) in [4.78, 5) is 8.36. The van der Waals surface area contributed by atoms with E-state index >= 15 is 0 Å². The van der Waals surface area contributed by atoms with Gasteiger partial charge in [0, 0.05) is 12.4 Å². The maximum Gasteiger partial charge on any atom is 0.141 e. The van der Waals surface area contributed by atoms with E-state index in [-0.39, 0.29) is 0 Å². The molecule has 102 valence electrons. The summed E-state index contributed by atoms with van der Waals surface area (Å²) in [5.41, 5.74) is 0. The van der Waals surface area contributed by atoms with E-state index in [4.69, 9.17) is 0 Å². The first kappa shape index (κ1) is 15.1. The predicted molar refractivity (Wildman–Crippen MR) is 76.3 cm³/mol. The molecule has 0 aliphatic heterocycles. The predicted octanol–water partition coefficient (Wildman–Crippen LogP) is 3.71. The fourth-order valence-electron chi connectivity index (χ4n) is 2.01. The molecule has 0 radical (unpaired) electrons. The molecule has 0 unspecified atom stereocenters. The first-order chi connectivity index (χ1) is 8.93. The first-order valence-electron chi connectivity index (χ1n) is 7.40. The fraction of sp³-hybridized carbons (Fsp3) is 0.733. The van der Waals surface area contributed by atoms with Gasteiger partial charge in [-0.15, -0.1) is 0 Å². The lowest BCUT2D eigenvalue weighted by Crippen LogP contribution is -2.16. The highest BCUT2D eigenvalue weighted by Gasteiger charge is 1.94. The number of nitrogens with zero attached hydrogens (tertiary/aromatic N) is 2. The Hall–Kier alpha value is -0.960. The molecule has 1 N–H and O–H groups in total. The van der Waals surface area contributed by atoms with E-state index in [9.17, 15) is 0 Å². The molecule has 1 heterocycles. The number of hydrogen-bond donors (Lipinski definition) is 1. The van der Waals surface area contributed by atoms with Gasteiger partial charge in [-0.2, -0.15) is 0 Å². The van der Waals surface area contributed by atoms with Gasteiger partial charge < -0.3 is 5.32 Å². The molecule has 0 aromatic carbocycles. The van der Waals surface area contributed by atoms with Crippen molar-refractivity contribution >= 4 is 0 Å². The van der Waals surface area contributed by atoms with E-state index in [0.717, 1.165) is 18.9 Å². The summed E-state index contributed by atoms with van der Waals surface area (Å²) in [6.45, 7) is 4.13. The lowest BCUT2D eigenvalue weighted by molar-refractivity contribution is 0.551. The summed E-state index contributed by atoms with van der Waals surface area (Å²) in [6.07, 6.45) is 14.5. The second-order valence-corrected chi connectivity index (χ2v) is 4.82. The van der Waals surface area contributed by atoms with Crippen molar-refractivity contribution in [2.45, 2.75) is 64.8 Å². The van der Waals surface area contributed by atoms with Crippen LogP contribution in [-0.4, -0.2) is 16.5 Å². The van der Waals surface area contributed by atoms with E-state index in [1.165, 1.54) is 51.4 Å². The summed E-state index contributed by atoms with van der Waals surface area (Å²) in [5, 5.41) is 3.39. The van der Waals surface area contributed by atoms with Crippen LogP contribution in [-0.2, 0) is 6.54 Å². The van der Waals surface area contributed by atoms with Crippen LogP contribution in [0.4, 0.5) is 0 Å². The Morgan fingerprint density at radius 3 is 2.17 bits per heavy atom. The lowest BCUT2D eigenvalue weighted by Gasteiger charge is -2.04. The van der Waals surface area contributed by atoms with E-state index in [1.54, 1.807) is 12.4 Å². The molecule has 0 bridgehead atoms. The summed E-state index contributed by atoms with van der Waals surface area (Å²) < 4.78 is 0. The Kier molecular flexibility index (Phi) is 9.35. The Morgan fingerprint density at radius 2 is 1.50 bits per heavy atom. The topological polar surface area (TPSA) is 37.8 Å². The standard InChI is InChI=1S/C15H27N3/c1-2-3-4-5-6-7-8-9-11-16-14-15-17-12-10-13-18-15/h10,12-13,16H,2-9,11,14H2,1H3. The summed E-state index contributed by atoms with van der Waals surface area (Å²) in [6, 6.07) is 1.85. The van der Waals surface area contributed by atoms with Crippen LogP contribution in [0, 0.1) is 0 Å². The van der Waals surface area contributed by atoms with Gasteiger partial charge in [0.25, 0.3) is 0 Å². The quantitative estimate of drug-likeness (QED) is 0.608. The zero-order valence-electron chi connectivity index (χ0n) is 11.7. The lowest BCUT2D eigenvalue weighted by atomic mass is 10.1. The molecule has 0 aliphatic rings. The van der Waals surface area contributed by atoms with Gasteiger partial charge in [-0.25, -0.2) is 9.97 Å². The molecule has 0 saturated heterocycles.